The van der Waals surface area contributed by atoms with Crippen LogP contribution in [-0.2, 0) is 17.8 Å². The number of carbonyl (C=O) groups excluding carboxylic acids is 1. The summed E-state index contributed by atoms with van der Waals surface area (Å²) in [6.07, 6.45) is 6.05. The predicted octanol–water partition coefficient (Wildman–Crippen LogP) is 2.82. The zero-order chi connectivity index (χ0) is 19.1. The van der Waals surface area contributed by atoms with Gasteiger partial charge in [0.2, 0.25) is 0 Å². The number of nitrogens with zero attached hydrogens (tertiary/aromatic N) is 3. The van der Waals surface area contributed by atoms with Crippen LogP contribution in [0.1, 0.15) is 28.9 Å². The molecular weight excluding hydrogens is 364 g/mol. The molecule has 7 heteroatoms. The Morgan fingerprint density at radius 1 is 1.41 bits per heavy atom. The van der Waals surface area contributed by atoms with Crippen molar-refractivity contribution < 1.29 is 9.53 Å². The maximum atomic E-state index is 12.4. The first-order valence-corrected chi connectivity index (χ1v) is 9.78. The number of hydrogen-bond donors (Lipinski definition) is 1. The summed E-state index contributed by atoms with van der Waals surface area (Å²) in [4.78, 5) is 19.1. The Morgan fingerprint density at radius 3 is 3.07 bits per heavy atom. The monoisotopic (exact) mass is 390 g/mol. The average molecular weight is 391 g/mol. The number of methoxy groups -OCH3 is 1. The molecule has 0 saturated carbocycles. The number of piperidine rings is 1. The van der Waals surface area contributed by atoms with E-state index in [1.54, 1.807) is 19.2 Å². The number of likely N-dealkylation sites (tertiary alicyclic amines) is 1. The highest BCUT2D eigenvalue weighted by atomic mass is 35.5. The Bertz CT molecular complexity index is 749. The second-order valence-electron chi connectivity index (χ2n) is 7.00. The van der Waals surface area contributed by atoms with Gasteiger partial charge in [0.15, 0.2) is 0 Å². The first kappa shape index (κ1) is 19.9. The summed E-state index contributed by atoms with van der Waals surface area (Å²) >= 11 is 6.11. The van der Waals surface area contributed by atoms with Crippen LogP contribution >= 0.6 is 11.6 Å². The van der Waals surface area contributed by atoms with Gasteiger partial charge in [-0.1, -0.05) is 23.7 Å². The topological polar surface area (TPSA) is 59.4 Å². The van der Waals surface area contributed by atoms with Crippen molar-refractivity contribution in [3.63, 3.8) is 0 Å². The molecule has 1 aliphatic heterocycles. The minimum Gasteiger partial charge on any atom is -0.383 e. The molecule has 1 amide bonds. The van der Waals surface area contributed by atoms with Gasteiger partial charge in [-0.05, 0) is 37.4 Å². The molecule has 1 unspecified atom stereocenters. The predicted molar refractivity (Wildman–Crippen MR) is 106 cm³/mol. The van der Waals surface area contributed by atoms with Crippen LogP contribution in [-0.4, -0.2) is 53.7 Å². The minimum absolute atomic E-state index is 0.102. The Hall–Kier alpha value is -1.89. The zero-order valence-corrected chi connectivity index (χ0v) is 16.5. The van der Waals surface area contributed by atoms with E-state index in [2.05, 4.69) is 19.8 Å². The minimum atomic E-state index is -0.102. The van der Waals surface area contributed by atoms with E-state index in [1.807, 2.05) is 24.7 Å². The Kier molecular flexibility index (Phi) is 7.26. The molecule has 1 aromatic carbocycles. The van der Waals surface area contributed by atoms with Gasteiger partial charge >= 0.3 is 0 Å². The Morgan fingerprint density at radius 2 is 2.26 bits per heavy atom. The maximum Gasteiger partial charge on any atom is 0.252 e. The molecule has 1 saturated heterocycles. The van der Waals surface area contributed by atoms with Crippen LogP contribution in [0.25, 0.3) is 0 Å². The molecule has 0 radical (unpaired) electrons. The van der Waals surface area contributed by atoms with Crippen molar-refractivity contribution in [3.05, 3.63) is 53.1 Å². The fourth-order valence-electron chi connectivity index (χ4n) is 3.54. The first-order chi connectivity index (χ1) is 13.2. The van der Waals surface area contributed by atoms with Crippen molar-refractivity contribution >= 4 is 17.5 Å². The molecule has 2 aromatic rings. The molecule has 6 nitrogen and oxygen atoms in total. The Labute approximate surface area is 165 Å². The summed E-state index contributed by atoms with van der Waals surface area (Å²) in [5.41, 5.74) is 1.74. The van der Waals surface area contributed by atoms with Gasteiger partial charge in [-0.2, -0.15) is 0 Å². The molecule has 0 bridgehead atoms. The number of aromatic nitrogens is 2. The van der Waals surface area contributed by atoms with Crippen LogP contribution in [0.5, 0.6) is 0 Å². The number of hydrogen-bond acceptors (Lipinski definition) is 4. The van der Waals surface area contributed by atoms with Crippen LogP contribution in [0, 0.1) is 5.92 Å². The number of ether oxygens (including phenoxy) is 1. The van der Waals surface area contributed by atoms with Gasteiger partial charge in [0.25, 0.3) is 5.91 Å². The summed E-state index contributed by atoms with van der Waals surface area (Å²) in [5.74, 6) is 0.343. The molecule has 1 N–H and O–H groups in total. The number of nitrogens with one attached hydrogen (secondary N) is 1. The summed E-state index contributed by atoms with van der Waals surface area (Å²) in [7, 11) is 1.71. The molecule has 1 atom stereocenters. The lowest BCUT2D eigenvalue weighted by Crippen LogP contribution is -2.40. The van der Waals surface area contributed by atoms with Crippen LogP contribution in [0.2, 0.25) is 5.02 Å². The summed E-state index contributed by atoms with van der Waals surface area (Å²) in [6, 6.07) is 7.16. The third kappa shape index (κ3) is 5.54. The first-order valence-electron chi connectivity index (χ1n) is 9.40. The van der Waals surface area contributed by atoms with Gasteiger partial charge in [0, 0.05) is 39.5 Å². The van der Waals surface area contributed by atoms with Crippen molar-refractivity contribution in [2.24, 2.45) is 5.92 Å². The van der Waals surface area contributed by atoms with Crippen LogP contribution in [0.15, 0.2) is 36.8 Å². The number of imidazole rings is 1. The SMILES string of the molecule is COCCn1cncc1CN1CCCC(CNC(=O)c2ccccc2Cl)C1. The summed E-state index contributed by atoms with van der Waals surface area (Å²) < 4.78 is 7.31. The van der Waals surface area contributed by atoms with E-state index in [0.717, 1.165) is 39.0 Å². The molecule has 1 fully saturated rings. The van der Waals surface area contributed by atoms with E-state index < -0.39 is 0 Å². The second-order valence-corrected chi connectivity index (χ2v) is 7.41. The standard InChI is InChI=1S/C20H27ClN4O2/c1-27-10-9-25-15-22-12-17(25)14-24-8-4-5-16(13-24)11-23-20(26)18-6-2-3-7-19(18)21/h2-3,6-7,12,15-16H,4-5,8-11,13-14H2,1H3,(H,23,26). The number of benzene rings is 1. The van der Waals surface area contributed by atoms with Crippen LogP contribution < -0.4 is 5.32 Å². The Balaban J connectivity index is 1.50. The van der Waals surface area contributed by atoms with Gasteiger partial charge in [-0.15, -0.1) is 0 Å². The molecule has 1 aliphatic rings. The van der Waals surface area contributed by atoms with E-state index in [9.17, 15) is 4.79 Å². The average Bonchev–Trinajstić information content (AvgIpc) is 3.12. The number of rotatable bonds is 8. The number of amides is 1. The number of halogens is 1. The van der Waals surface area contributed by atoms with Gasteiger partial charge in [-0.3, -0.25) is 9.69 Å². The van der Waals surface area contributed by atoms with E-state index in [4.69, 9.17) is 16.3 Å². The lowest BCUT2D eigenvalue weighted by molar-refractivity contribution is 0.0930. The largest absolute Gasteiger partial charge is 0.383 e. The molecule has 146 valence electrons. The summed E-state index contributed by atoms with van der Waals surface area (Å²) in [6.45, 7) is 5.09. The van der Waals surface area contributed by atoms with Gasteiger partial charge < -0.3 is 14.6 Å². The van der Waals surface area contributed by atoms with Crippen LogP contribution in [0.3, 0.4) is 0 Å². The molecular formula is C20H27ClN4O2. The third-order valence-corrected chi connectivity index (χ3v) is 5.32. The molecule has 3 rings (SSSR count). The molecule has 0 spiro atoms. The molecule has 2 heterocycles. The highest BCUT2D eigenvalue weighted by molar-refractivity contribution is 6.33. The van der Waals surface area contributed by atoms with Gasteiger partial charge in [0.1, 0.15) is 0 Å². The number of carbonyl (C=O) groups is 1. The van der Waals surface area contributed by atoms with E-state index in [1.165, 1.54) is 5.69 Å². The molecule has 0 aliphatic carbocycles. The molecule has 27 heavy (non-hydrogen) atoms. The fourth-order valence-corrected chi connectivity index (χ4v) is 3.76. The van der Waals surface area contributed by atoms with Crippen molar-refractivity contribution in [1.29, 1.82) is 0 Å². The molecule has 1 aromatic heterocycles. The lowest BCUT2D eigenvalue weighted by Gasteiger charge is -2.32. The van der Waals surface area contributed by atoms with E-state index in [-0.39, 0.29) is 5.91 Å². The lowest BCUT2D eigenvalue weighted by atomic mass is 9.97. The smallest absolute Gasteiger partial charge is 0.252 e. The zero-order valence-electron chi connectivity index (χ0n) is 15.7. The van der Waals surface area contributed by atoms with Gasteiger partial charge in [0.05, 0.1) is 29.2 Å². The summed E-state index contributed by atoms with van der Waals surface area (Å²) in [5, 5.41) is 3.53. The van der Waals surface area contributed by atoms with Crippen molar-refractivity contribution in [3.8, 4) is 0 Å². The quantitative estimate of drug-likeness (QED) is 0.753. The highest BCUT2D eigenvalue weighted by Gasteiger charge is 2.22. The maximum absolute atomic E-state index is 12.4. The normalized spacial score (nSPS) is 17.8. The van der Waals surface area contributed by atoms with Gasteiger partial charge in [-0.25, -0.2) is 4.98 Å². The van der Waals surface area contributed by atoms with Crippen molar-refractivity contribution in [1.82, 2.24) is 19.8 Å². The van der Waals surface area contributed by atoms with E-state index in [0.29, 0.717) is 29.7 Å². The van der Waals surface area contributed by atoms with Crippen LogP contribution in [0.4, 0.5) is 0 Å². The van der Waals surface area contributed by atoms with Crippen molar-refractivity contribution in [2.75, 3.05) is 33.4 Å². The van der Waals surface area contributed by atoms with E-state index >= 15 is 0 Å². The van der Waals surface area contributed by atoms with Crippen molar-refractivity contribution in [2.45, 2.75) is 25.9 Å². The second kappa shape index (κ2) is 9.88. The fraction of sp³-hybridized carbons (Fsp3) is 0.500. The third-order valence-electron chi connectivity index (χ3n) is 4.99. The highest BCUT2D eigenvalue weighted by Crippen LogP contribution is 2.19.